The van der Waals surface area contributed by atoms with E-state index in [9.17, 15) is 17.6 Å². The number of nitrogens with zero attached hydrogens (tertiary/aromatic N) is 2. The molecule has 0 spiro atoms. The normalized spacial score (nSPS) is 15.5. The molecule has 1 aliphatic heterocycles. The number of amides is 1. The van der Waals surface area contributed by atoms with Crippen molar-refractivity contribution in [1.29, 1.82) is 0 Å². The van der Waals surface area contributed by atoms with Crippen molar-refractivity contribution in [2.75, 3.05) is 18.0 Å². The molecule has 0 aliphatic carbocycles. The maximum Gasteiger partial charge on any atom is 0.243 e. The predicted molar refractivity (Wildman–Crippen MR) is 129 cm³/mol. The van der Waals surface area contributed by atoms with E-state index in [4.69, 9.17) is 0 Å². The summed E-state index contributed by atoms with van der Waals surface area (Å²) in [6.07, 6.45) is 0.899. The summed E-state index contributed by atoms with van der Waals surface area (Å²) in [6, 6.07) is 15.2. The molecule has 2 aromatic carbocycles. The van der Waals surface area contributed by atoms with Crippen LogP contribution in [-0.4, -0.2) is 31.7 Å². The van der Waals surface area contributed by atoms with E-state index in [0.717, 1.165) is 16.0 Å². The lowest BCUT2D eigenvalue weighted by atomic mass is 9.96. The first-order chi connectivity index (χ1) is 15.8. The number of hydrogen-bond acceptors (Lipinski definition) is 4. The molecule has 174 valence electrons. The topological polar surface area (TPSA) is 57.7 Å². The van der Waals surface area contributed by atoms with E-state index >= 15 is 0 Å². The average Bonchev–Trinajstić information content (AvgIpc) is 3.31. The number of hydrogen-bond donors (Lipinski definition) is 0. The van der Waals surface area contributed by atoms with Crippen LogP contribution in [0.3, 0.4) is 0 Å². The number of aryl methyl sites for hydroxylation is 2. The molecular weight excluding hydrogens is 459 g/mol. The van der Waals surface area contributed by atoms with Crippen LogP contribution in [0.15, 0.2) is 64.9 Å². The summed E-state index contributed by atoms with van der Waals surface area (Å²) in [4.78, 5) is 16.5. The third kappa shape index (κ3) is 5.18. The van der Waals surface area contributed by atoms with Crippen LogP contribution in [0.2, 0.25) is 0 Å². The lowest BCUT2D eigenvalue weighted by molar-refractivity contribution is -0.123. The summed E-state index contributed by atoms with van der Waals surface area (Å²) in [6.45, 7) is 4.73. The molecule has 0 radical (unpaired) electrons. The van der Waals surface area contributed by atoms with Gasteiger partial charge >= 0.3 is 0 Å². The lowest BCUT2D eigenvalue weighted by Crippen LogP contribution is -2.44. The van der Waals surface area contributed by atoms with Crippen molar-refractivity contribution in [2.45, 2.75) is 38.1 Å². The van der Waals surface area contributed by atoms with Gasteiger partial charge in [-0.25, -0.2) is 12.8 Å². The first-order valence-electron chi connectivity index (χ1n) is 10.9. The Morgan fingerprint density at radius 1 is 1.09 bits per heavy atom. The summed E-state index contributed by atoms with van der Waals surface area (Å²) in [5, 5.41) is 1.96. The van der Waals surface area contributed by atoms with E-state index < -0.39 is 10.0 Å². The molecule has 1 aromatic heterocycles. The molecule has 5 nitrogen and oxygen atoms in total. The number of thiophene rings is 1. The fourth-order valence-corrected chi connectivity index (χ4v) is 6.64. The van der Waals surface area contributed by atoms with E-state index in [1.807, 2.05) is 30.5 Å². The molecule has 0 N–H and O–H groups in total. The summed E-state index contributed by atoms with van der Waals surface area (Å²) in [5.74, 6) is -0.702. The van der Waals surface area contributed by atoms with Gasteiger partial charge in [-0.15, -0.1) is 11.3 Å². The number of anilines is 1. The minimum Gasteiger partial charge on any atom is -0.307 e. The molecule has 8 heteroatoms. The average molecular weight is 487 g/mol. The monoisotopic (exact) mass is 486 g/mol. The zero-order chi connectivity index (χ0) is 23.6. The van der Waals surface area contributed by atoms with Gasteiger partial charge in [0, 0.05) is 29.6 Å². The van der Waals surface area contributed by atoms with Gasteiger partial charge in [-0.3, -0.25) is 4.79 Å². The quantitative estimate of drug-likeness (QED) is 0.485. The number of carbonyl (C=O) groups is 1. The highest BCUT2D eigenvalue weighted by atomic mass is 32.2. The van der Waals surface area contributed by atoms with Crippen LogP contribution in [0, 0.1) is 25.6 Å². The molecule has 1 aliphatic rings. The number of sulfonamides is 1. The van der Waals surface area contributed by atoms with Crippen molar-refractivity contribution >= 4 is 33.0 Å². The van der Waals surface area contributed by atoms with Crippen LogP contribution in [0.5, 0.6) is 0 Å². The Morgan fingerprint density at radius 3 is 2.39 bits per heavy atom. The Balaban J connectivity index is 1.50. The van der Waals surface area contributed by atoms with Crippen LogP contribution in [-0.2, 0) is 21.4 Å². The summed E-state index contributed by atoms with van der Waals surface area (Å²) >= 11 is 1.56. The maximum absolute atomic E-state index is 13.5. The zero-order valence-corrected chi connectivity index (χ0v) is 20.3. The lowest BCUT2D eigenvalue weighted by Gasteiger charge is -2.34. The van der Waals surface area contributed by atoms with E-state index in [2.05, 4.69) is 0 Å². The second-order valence-corrected chi connectivity index (χ2v) is 11.4. The fraction of sp³-hybridized carbons (Fsp3) is 0.320. The Morgan fingerprint density at radius 2 is 1.79 bits per heavy atom. The van der Waals surface area contributed by atoms with Crippen LogP contribution in [0.1, 0.15) is 28.8 Å². The SMILES string of the molecule is Cc1ccc(S(=O)(=O)N2CCC(C(=O)N(Cc3cccs3)c3ccc(F)cc3)CC2)c(C)c1. The van der Waals surface area contributed by atoms with Crippen molar-refractivity contribution in [3.63, 3.8) is 0 Å². The van der Waals surface area contributed by atoms with Gasteiger partial charge in [0.2, 0.25) is 15.9 Å². The molecule has 33 heavy (non-hydrogen) atoms. The maximum atomic E-state index is 13.5. The minimum absolute atomic E-state index is 0.0569. The van der Waals surface area contributed by atoms with Gasteiger partial charge in [0.05, 0.1) is 11.4 Å². The molecule has 2 heterocycles. The molecule has 4 rings (SSSR count). The predicted octanol–water partition coefficient (Wildman–Crippen LogP) is 5.14. The molecular formula is C25H27FN2O3S2. The zero-order valence-electron chi connectivity index (χ0n) is 18.7. The number of rotatable bonds is 6. The van der Waals surface area contributed by atoms with Crippen LogP contribution in [0.25, 0.3) is 0 Å². The molecule has 0 bridgehead atoms. The van der Waals surface area contributed by atoms with Gasteiger partial charge in [0.1, 0.15) is 5.82 Å². The second kappa shape index (κ2) is 9.75. The van der Waals surface area contributed by atoms with Crippen molar-refractivity contribution in [1.82, 2.24) is 4.31 Å². The minimum atomic E-state index is -3.61. The van der Waals surface area contributed by atoms with Crippen molar-refractivity contribution in [3.8, 4) is 0 Å². The molecule has 1 fully saturated rings. The molecule has 1 amide bonds. The van der Waals surface area contributed by atoms with Gasteiger partial charge < -0.3 is 4.90 Å². The largest absolute Gasteiger partial charge is 0.307 e. The van der Waals surface area contributed by atoms with Crippen molar-refractivity contribution < 1.29 is 17.6 Å². The molecule has 0 atom stereocenters. The van der Waals surface area contributed by atoms with Crippen LogP contribution in [0.4, 0.5) is 10.1 Å². The number of piperidine rings is 1. The van der Waals surface area contributed by atoms with Gasteiger partial charge in [0.25, 0.3) is 0 Å². The van der Waals surface area contributed by atoms with Gasteiger partial charge in [-0.2, -0.15) is 4.31 Å². The van der Waals surface area contributed by atoms with E-state index in [-0.39, 0.29) is 17.6 Å². The summed E-state index contributed by atoms with van der Waals surface area (Å²) in [7, 11) is -3.61. The Kier molecular flexibility index (Phi) is 6.97. The number of benzene rings is 2. The first-order valence-corrected chi connectivity index (χ1v) is 13.2. The van der Waals surface area contributed by atoms with Gasteiger partial charge in [0.15, 0.2) is 0 Å². The highest BCUT2D eigenvalue weighted by Gasteiger charge is 2.35. The highest BCUT2D eigenvalue weighted by Crippen LogP contribution is 2.29. The van der Waals surface area contributed by atoms with E-state index in [0.29, 0.717) is 43.1 Å². The third-order valence-corrected chi connectivity index (χ3v) is 8.97. The summed E-state index contributed by atoms with van der Waals surface area (Å²) < 4.78 is 41.3. The molecule has 0 saturated carbocycles. The van der Waals surface area contributed by atoms with Gasteiger partial charge in [-0.05, 0) is 74.0 Å². The number of halogens is 1. The summed E-state index contributed by atoms with van der Waals surface area (Å²) in [5.41, 5.74) is 2.38. The molecule has 0 unspecified atom stereocenters. The van der Waals surface area contributed by atoms with Crippen LogP contribution >= 0.6 is 11.3 Å². The van der Waals surface area contributed by atoms with Crippen molar-refractivity contribution in [2.24, 2.45) is 5.92 Å². The smallest absolute Gasteiger partial charge is 0.243 e. The standard InChI is InChI=1S/C25H27FN2O3S2/c1-18-5-10-24(19(2)16-18)33(30,31)27-13-11-20(12-14-27)25(29)28(17-23-4-3-15-32-23)22-8-6-21(26)7-9-22/h3-10,15-16,20H,11-14,17H2,1-2H3. The number of carbonyl (C=O) groups excluding carboxylic acids is 1. The van der Waals surface area contributed by atoms with Crippen LogP contribution < -0.4 is 4.90 Å². The highest BCUT2D eigenvalue weighted by molar-refractivity contribution is 7.89. The Hall–Kier alpha value is -2.55. The molecule has 3 aromatic rings. The van der Waals surface area contributed by atoms with E-state index in [1.165, 1.54) is 16.4 Å². The second-order valence-electron chi connectivity index (χ2n) is 8.43. The fourth-order valence-electron chi connectivity index (χ4n) is 4.27. The van der Waals surface area contributed by atoms with Gasteiger partial charge in [-0.1, -0.05) is 23.8 Å². The Labute approximate surface area is 198 Å². The van der Waals surface area contributed by atoms with E-state index in [1.54, 1.807) is 47.4 Å². The first kappa shape index (κ1) is 23.6. The van der Waals surface area contributed by atoms with Crippen molar-refractivity contribution in [3.05, 3.63) is 81.8 Å². The third-order valence-electron chi connectivity index (χ3n) is 6.05. The Bertz CT molecular complexity index is 1220. The molecule has 1 saturated heterocycles.